The van der Waals surface area contributed by atoms with E-state index in [4.69, 9.17) is 14.7 Å². The SMILES string of the molecule is COC(=O)C1(S(C)(=O)=O)C(=O)N(CCCc2ccccc2)CC1(C)COc1ccccc1-c1ccc(C#N)cc1. The molecule has 208 valence electrons. The van der Waals surface area contributed by atoms with Crippen LogP contribution < -0.4 is 4.74 Å². The molecule has 2 unspecified atom stereocenters. The van der Waals surface area contributed by atoms with Crippen LogP contribution in [0.5, 0.6) is 5.75 Å². The van der Waals surface area contributed by atoms with Crippen molar-refractivity contribution < 1.29 is 27.5 Å². The highest BCUT2D eigenvalue weighted by molar-refractivity contribution is 7.93. The summed E-state index contributed by atoms with van der Waals surface area (Å²) in [6.45, 7) is 1.63. The van der Waals surface area contributed by atoms with Gasteiger partial charge in [0.05, 0.1) is 30.8 Å². The molecule has 0 bridgehead atoms. The Hall–Kier alpha value is -4.16. The highest BCUT2D eigenvalue weighted by atomic mass is 32.2. The van der Waals surface area contributed by atoms with Gasteiger partial charge >= 0.3 is 5.97 Å². The smallest absolute Gasteiger partial charge is 0.337 e. The van der Waals surface area contributed by atoms with Crippen LogP contribution in [0.1, 0.15) is 24.5 Å². The van der Waals surface area contributed by atoms with Crippen molar-refractivity contribution in [3.63, 3.8) is 0 Å². The summed E-state index contributed by atoms with van der Waals surface area (Å²) in [5.74, 6) is -1.45. The molecule has 40 heavy (non-hydrogen) atoms. The zero-order chi connectivity index (χ0) is 29.0. The topological polar surface area (TPSA) is 114 Å². The van der Waals surface area contributed by atoms with Gasteiger partial charge in [0, 0.05) is 24.9 Å². The normalized spacial score (nSPS) is 20.6. The number of methoxy groups -OCH3 is 1. The van der Waals surface area contributed by atoms with Gasteiger partial charge in [-0.25, -0.2) is 13.2 Å². The number of rotatable bonds is 10. The van der Waals surface area contributed by atoms with E-state index in [2.05, 4.69) is 6.07 Å². The number of sulfone groups is 1. The Labute approximate surface area is 235 Å². The average Bonchev–Trinajstić information content (AvgIpc) is 3.19. The number of amides is 1. The van der Waals surface area contributed by atoms with E-state index in [0.717, 1.165) is 30.1 Å². The standard InChI is InChI=1S/C31H32N2O6S/c1-30(22-39-27-14-8-7-13-26(27)25-17-15-24(20-32)16-18-25)21-33(19-9-12-23-10-5-4-6-11-23)28(34)31(30,29(35)38-2)40(3,36)37/h4-8,10-11,13-18H,9,12,19,21-22H2,1-3H3. The van der Waals surface area contributed by atoms with Crippen LogP contribution in [0.25, 0.3) is 11.1 Å². The highest BCUT2D eigenvalue weighted by Crippen LogP contribution is 2.47. The molecule has 8 nitrogen and oxygen atoms in total. The first-order valence-corrected chi connectivity index (χ1v) is 14.8. The minimum atomic E-state index is -4.29. The first kappa shape index (κ1) is 28.8. The van der Waals surface area contributed by atoms with Crippen LogP contribution in [0.3, 0.4) is 0 Å². The third kappa shape index (κ3) is 5.19. The molecule has 3 aromatic rings. The molecule has 0 radical (unpaired) electrons. The van der Waals surface area contributed by atoms with Gasteiger partial charge in [-0.3, -0.25) is 4.79 Å². The maximum Gasteiger partial charge on any atom is 0.337 e. The minimum Gasteiger partial charge on any atom is -0.492 e. The summed E-state index contributed by atoms with van der Waals surface area (Å²) in [7, 11) is -3.21. The number of carbonyl (C=O) groups excluding carboxylic acids is 2. The number of nitriles is 1. The number of hydrogen-bond donors (Lipinski definition) is 0. The van der Waals surface area contributed by atoms with Crippen molar-refractivity contribution in [3.05, 3.63) is 90.0 Å². The zero-order valence-corrected chi connectivity index (χ0v) is 23.6. The van der Waals surface area contributed by atoms with Gasteiger partial charge < -0.3 is 14.4 Å². The first-order valence-electron chi connectivity index (χ1n) is 12.9. The van der Waals surface area contributed by atoms with Crippen LogP contribution in [0, 0.1) is 16.7 Å². The molecule has 0 N–H and O–H groups in total. The average molecular weight is 561 g/mol. The Morgan fingerprint density at radius 1 is 1.02 bits per heavy atom. The Bertz CT molecular complexity index is 1530. The summed E-state index contributed by atoms with van der Waals surface area (Å²) in [5, 5.41) is 9.13. The number of benzene rings is 3. The molecule has 1 heterocycles. The van der Waals surface area contributed by atoms with E-state index in [1.807, 2.05) is 42.5 Å². The molecule has 3 aromatic carbocycles. The molecule has 1 aliphatic rings. The van der Waals surface area contributed by atoms with Crippen molar-refractivity contribution >= 4 is 21.7 Å². The van der Waals surface area contributed by atoms with Crippen molar-refractivity contribution in [1.82, 2.24) is 4.90 Å². The van der Waals surface area contributed by atoms with Crippen molar-refractivity contribution in [3.8, 4) is 22.9 Å². The second kappa shape index (κ2) is 11.5. The van der Waals surface area contributed by atoms with E-state index in [-0.39, 0.29) is 19.7 Å². The molecular weight excluding hydrogens is 528 g/mol. The van der Waals surface area contributed by atoms with Crippen LogP contribution in [-0.2, 0) is 30.6 Å². The molecule has 1 saturated heterocycles. The zero-order valence-electron chi connectivity index (χ0n) is 22.8. The predicted molar refractivity (Wildman–Crippen MR) is 151 cm³/mol. The Kier molecular flexibility index (Phi) is 8.31. The lowest BCUT2D eigenvalue weighted by atomic mass is 9.79. The molecule has 0 saturated carbocycles. The lowest BCUT2D eigenvalue weighted by Gasteiger charge is -2.36. The molecule has 9 heteroatoms. The second-order valence-electron chi connectivity index (χ2n) is 10.3. The maximum absolute atomic E-state index is 13.9. The number of aryl methyl sites for hydroxylation is 1. The fourth-order valence-electron chi connectivity index (χ4n) is 5.56. The van der Waals surface area contributed by atoms with Gasteiger partial charge in [-0.15, -0.1) is 0 Å². The molecule has 0 aromatic heterocycles. The second-order valence-corrected chi connectivity index (χ2v) is 12.5. The van der Waals surface area contributed by atoms with Gasteiger partial charge in [-0.1, -0.05) is 67.6 Å². The summed E-state index contributed by atoms with van der Waals surface area (Å²) in [6.07, 6.45) is 2.19. The molecule has 2 atom stereocenters. The molecule has 0 spiro atoms. The summed E-state index contributed by atoms with van der Waals surface area (Å²) in [5.41, 5.74) is 1.69. The van der Waals surface area contributed by atoms with Crippen molar-refractivity contribution in [1.29, 1.82) is 5.26 Å². The van der Waals surface area contributed by atoms with Crippen molar-refractivity contribution in [2.24, 2.45) is 5.41 Å². The van der Waals surface area contributed by atoms with E-state index < -0.39 is 31.9 Å². The Balaban J connectivity index is 1.66. The van der Waals surface area contributed by atoms with Crippen LogP contribution in [0.2, 0.25) is 0 Å². The van der Waals surface area contributed by atoms with Crippen LogP contribution in [0.15, 0.2) is 78.9 Å². The Morgan fingerprint density at radius 2 is 1.68 bits per heavy atom. The van der Waals surface area contributed by atoms with E-state index >= 15 is 0 Å². The largest absolute Gasteiger partial charge is 0.492 e. The van der Waals surface area contributed by atoms with Gasteiger partial charge in [-0.05, 0) is 42.2 Å². The molecule has 1 aliphatic heterocycles. The summed E-state index contributed by atoms with van der Waals surface area (Å²) >= 11 is 0. The maximum atomic E-state index is 13.9. The number of para-hydroxylation sites is 1. The molecule has 1 amide bonds. The number of ether oxygens (including phenoxy) is 2. The summed E-state index contributed by atoms with van der Waals surface area (Å²) in [4.78, 5) is 28.6. The molecule has 1 fully saturated rings. The van der Waals surface area contributed by atoms with Crippen molar-refractivity contribution in [2.45, 2.75) is 24.5 Å². The third-order valence-electron chi connectivity index (χ3n) is 7.50. The number of nitrogens with zero attached hydrogens (tertiary/aromatic N) is 2. The lowest BCUT2D eigenvalue weighted by Crippen LogP contribution is -2.62. The third-order valence-corrected chi connectivity index (χ3v) is 9.45. The van der Waals surface area contributed by atoms with Gasteiger partial charge in [0.2, 0.25) is 0 Å². The Morgan fingerprint density at radius 3 is 2.30 bits per heavy atom. The van der Waals surface area contributed by atoms with Crippen LogP contribution >= 0.6 is 0 Å². The van der Waals surface area contributed by atoms with Gasteiger partial charge in [-0.2, -0.15) is 5.26 Å². The lowest BCUT2D eigenvalue weighted by molar-refractivity contribution is -0.151. The van der Waals surface area contributed by atoms with Gasteiger partial charge in [0.1, 0.15) is 5.75 Å². The molecule has 0 aliphatic carbocycles. The van der Waals surface area contributed by atoms with Gasteiger partial charge in [0.25, 0.3) is 10.7 Å². The number of carbonyl (C=O) groups is 2. The number of hydrogen-bond acceptors (Lipinski definition) is 7. The quantitative estimate of drug-likeness (QED) is 0.272. The monoisotopic (exact) mass is 560 g/mol. The van der Waals surface area contributed by atoms with Crippen LogP contribution in [-0.4, -0.2) is 63.0 Å². The van der Waals surface area contributed by atoms with Gasteiger partial charge in [0.15, 0.2) is 9.84 Å². The number of likely N-dealkylation sites (tertiary alicyclic amines) is 1. The van der Waals surface area contributed by atoms with Crippen LogP contribution in [0.4, 0.5) is 0 Å². The van der Waals surface area contributed by atoms with E-state index in [1.54, 1.807) is 43.3 Å². The predicted octanol–water partition coefficient (Wildman–Crippen LogP) is 4.04. The van der Waals surface area contributed by atoms with E-state index in [1.165, 1.54) is 4.90 Å². The van der Waals surface area contributed by atoms with E-state index in [9.17, 15) is 18.0 Å². The highest BCUT2D eigenvalue weighted by Gasteiger charge is 2.73. The van der Waals surface area contributed by atoms with Crippen molar-refractivity contribution in [2.75, 3.05) is 33.1 Å². The minimum absolute atomic E-state index is 0.00181. The fraction of sp³-hybridized carbons (Fsp3) is 0.323. The summed E-state index contributed by atoms with van der Waals surface area (Å²) < 4.78 is 35.5. The first-order chi connectivity index (χ1) is 19.1. The molecular formula is C31H32N2O6S. The molecule has 4 rings (SSSR count). The number of esters is 1. The van der Waals surface area contributed by atoms with E-state index in [0.29, 0.717) is 24.2 Å². The summed E-state index contributed by atoms with van der Waals surface area (Å²) in [6, 6.07) is 26.1. The fourth-order valence-corrected chi connectivity index (χ4v) is 7.41.